The van der Waals surface area contributed by atoms with Crippen molar-refractivity contribution in [1.29, 1.82) is 0 Å². The number of halogens is 1. The van der Waals surface area contributed by atoms with Crippen LogP contribution < -0.4 is 4.74 Å². The van der Waals surface area contributed by atoms with E-state index in [0.29, 0.717) is 0 Å². The number of methoxy groups -OCH3 is 1. The van der Waals surface area contributed by atoms with E-state index in [1.165, 1.54) is 5.56 Å². The summed E-state index contributed by atoms with van der Waals surface area (Å²) in [4.78, 5) is 0. The van der Waals surface area contributed by atoms with Crippen molar-refractivity contribution in [2.45, 2.75) is 10.8 Å². The zero-order valence-electron chi connectivity index (χ0n) is 12.6. The van der Waals surface area contributed by atoms with Gasteiger partial charge in [-0.3, -0.25) is 0 Å². The summed E-state index contributed by atoms with van der Waals surface area (Å²) in [5.74, 6) is 1.69. The van der Waals surface area contributed by atoms with Gasteiger partial charge in [-0.2, -0.15) is 0 Å². The molecule has 0 aliphatic rings. The molecule has 1 heterocycles. The Morgan fingerprint density at radius 3 is 2.52 bits per heavy atom. The molecule has 5 heteroatoms. The van der Waals surface area contributed by atoms with Crippen LogP contribution in [0, 0.1) is 0 Å². The lowest BCUT2D eigenvalue weighted by Gasteiger charge is -2.05. The van der Waals surface area contributed by atoms with Gasteiger partial charge in [-0.25, -0.2) is 0 Å². The van der Waals surface area contributed by atoms with Gasteiger partial charge in [-0.15, -0.1) is 10.2 Å². The summed E-state index contributed by atoms with van der Waals surface area (Å²) in [7, 11) is 1.66. The average Bonchev–Trinajstić information content (AvgIpc) is 2.62. The highest BCUT2D eigenvalue weighted by molar-refractivity contribution is 9.10. The summed E-state index contributed by atoms with van der Waals surface area (Å²) < 4.78 is 6.33. The van der Waals surface area contributed by atoms with E-state index in [1.54, 1.807) is 18.9 Å². The smallest absolute Gasteiger partial charge is 0.119 e. The summed E-state index contributed by atoms with van der Waals surface area (Å²) in [5.41, 5.74) is 3.11. The first-order valence-corrected chi connectivity index (χ1v) is 8.88. The lowest BCUT2D eigenvalue weighted by molar-refractivity contribution is 0.415. The molecule has 0 radical (unpaired) electrons. The summed E-state index contributed by atoms with van der Waals surface area (Å²) in [6.45, 7) is 0. The second-order valence-electron chi connectivity index (χ2n) is 4.90. The molecule has 0 N–H and O–H groups in total. The molecular formula is C18H15BrN2OS. The predicted octanol–water partition coefficient (Wildman–Crippen LogP) is 5.21. The van der Waals surface area contributed by atoms with Crippen LogP contribution in [0.4, 0.5) is 0 Å². The lowest BCUT2D eigenvalue weighted by atomic mass is 10.1. The molecule has 0 saturated carbocycles. The summed E-state index contributed by atoms with van der Waals surface area (Å²) >= 11 is 5.12. The van der Waals surface area contributed by atoms with E-state index in [9.17, 15) is 0 Å². The van der Waals surface area contributed by atoms with E-state index in [0.717, 1.165) is 32.3 Å². The lowest BCUT2D eigenvalue weighted by Crippen LogP contribution is -1.91. The Morgan fingerprint density at radius 1 is 1.00 bits per heavy atom. The van der Waals surface area contributed by atoms with Crippen molar-refractivity contribution in [3.63, 3.8) is 0 Å². The van der Waals surface area contributed by atoms with Gasteiger partial charge in [0.1, 0.15) is 10.8 Å². The number of ether oxygens (including phenoxy) is 1. The van der Waals surface area contributed by atoms with E-state index >= 15 is 0 Å². The molecule has 0 aliphatic heterocycles. The van der Waals surface area contributed by atoms with Crippen molar-refractivity contribution in [3.8, 4) is 17.0 Å². The molecule has 0 amide bonds. The van der Waals surface area contributed by atoms with Gasteiger partial charge in [0, 0.05) is 15.8 Å². The molecule has 0 atom stereocenters. The fraction of sp³-hybridized carbons (Fsp3) is 0.111. The molecule has 0 saturated heterocycles. The highest BCUT2D eigenvalue weighted by Gasteiger charge is 2.04. The van der Waals surface area contributed by atoms with Gasteiger partial charge < -0.3 is 4.74 Å². The number of hydrogen-bond acceptors (Lipinski definition) is 4. The third-order valence-corrected chi connectivity index (χ3v) is 4.83. The molecule has 0 aliphatic carbocycles. The van der Waals surface area contributed by atoms with Crippen LogP contribution >= 0.6 is 27.7 Å². The Hall–Kier alpha value is -1.85. The minimum atomic E-state index is 0.818. The first-order chi connectivity index (χ1) is 11.2. The van der Waals surface area contributed by atoms with E-state index in [-0.39, 0.29) is 0 Å². The van der Waals surface area contributed by atoms with Gasteiger partial charge in [0.25, 0.3) is 0 Å². The van der Waals surface area contributed by atoms with Crippen molar-refractivity contribution in [1.82, 2.24) is 10.2 Å². The Kier molecular flexibility index (Phi) is 5.31. The van der Waals surface area contributed by atoms with Gasteiger partial charge >= 0.3 is 0 Å². The van der Waals surface area contributed by atoms with Gasteiger partial charge in [0.05, 0.1) is 12.8 Å². The van der Waals surface area contributed by atoms with Crippen LogP contribution in [0.3, 0.4) is 0 Å². The molecule has 116 valence electrons. The van der Waals surface area contributed by atoms with Crippen LogP contribution in [0.2, 0.25) is 0 Å². The molecule has 0 unspecified atom stereocenters. The van der Waals surface area contributed by atoms with Gasteiger partial charge in [-0.1, -0.05) is 52.0 Å². The molecule has 23 heavy (non-hydrogen) atoms. The fourth-order valence-electron chi connectivity index (χ4n) is 2.07. The Bertz CT molecular complexity index is 776. The van der Waals surface area contributed by atoms with Gasteiger partial charge in [0.15, 0.2) is 0 Å². The van der Waals surface area contributed by atoms with E-state index in [4.69, 9.17) is 4.74 Å². The van der Waals surface area contributed by atoms with Crippen LogP contribution in [0.1, 0.15) is 5.56 Å². The maximum atomic E-state index is 5.24. The van der Waals surface area contributed by atoms with Crippen LogP contribution in [-0.4, -0.2) is 17.3 Å². The zero-order chi connectivity index (χ0) is 16.1. The van der Waals surface area contributed by atoms with Crippen LogP contribution in [0.25, 0.3) is 11.3 Å². The number of rotatable bonds is 5. The number of thioether (sulfide) groups is 1. The summed E-state index contributed by atoms with van der Waals surface area (Å²) in [6.07, 6.45) is 0. The van der Waals surface area contributed by atoms with Gasteiger partial charge in [-0.05, 0) is 42.0 Å². The second kappa shape index (κ2) is 7.62. The average molecular weight is 387 g/mol. The van der Waals surface area contributed by atoms with Crippen molar-refractivity contribution in [2.24, 2.45) is 0 Å². The number of hydrogen-bond donors (Lipinski definition) is 0. The van der Waals surface area contributed by atoms with E-state index in [2.05, 4.69) is 38.3 Å². The highest BCUT2D eigenvalue weighted by Crippen LogP contribution is 2.25. The number of nitrogens with zero attached hydrogens (tertiary/aromatic N) is 2. The molecule has 1 aromatic heterocycles. The van der Waals surface area contributed by atoms with Gasteiger partial charge in [0.2, 0.25) is 0 Å². The molecule has 3 aromatic rings. The van der Waals surface area contributed by atoms with Crippen molar-refractivity contribution < 1.29 is 4.74 Å². The number of aromatic nitrogens is 2. The molecule has 3 rings (SSSR count). The molecular weight excluding hydrogens is 372 g/mol. The summed E-state index contributed by atoms with van der Waals surface area (Å²) in [6, 6.07) is 20.1. The fourth-order valence-corrected chi connectivity index (χ4v) is 3.11. The maximum absolute atomic E-state index is 5.24. The molecule has 2 aromatic carbocycles. The third-order valence-electron chi connectivity index (χ3n) is 3.31. The predicted molar refractivity (Wildman–Crippen MR) is 97.7 cm³/mol. The Morgan fingerprint density at radius 2 is 1.83 bits per heavy atom. The Labute approximate surface area is 148 Å². The van der Waals surface area contributed by atoms with Crippen LogP contribution in [0.15, 0.2) is 70.2 Å². The largest absolute Gasteiger partial charge is 0.497 e. The quantitative estimate of drug-likeness (QED) is 0.563. The normalized spacial score (nSPS) is 10.5. The number of benzene rings is 2. The maximum Gasteiger partial charge on any atom is 0.119 e. The highest BCUT2D eigenvalue weighted by atomic mass is 79.9. The standard InChI is InChI=1S/C18H15BrN2OS/c1-22-16-4-2-3-14(11-16)17-9-10-18(21-20-17)23-12-13-5-7-15(19)8-6-13/h2-11H,12H2,1H3. The monoisotopic (exact) mass is 386 g/mol. The SMILES string of the molecule is COc1cccc(-c2ccc(SCc3ccc(Br)cc3)nn2)c1. The first-order valence-electron chi connectivity index (χ1n) is 7.10. The second-order valence-corrected chi connectivity index (χ2v) is 6.82. The molecule has 0 bridgehead atoms. The molecule has 0 spiro atoms. The third kappa shape index (κ3) is 4.33. The zero-order valence-corrected chi connectivity index (χ0v) is 15.0. The minimum Gasteiger partial charge on any atom is -0.497 e. The van der Waals surface area contributed by atoms with Crippen molar-refractivity contribution in [2.75, 3.05) is 7.11 Å². The van der Waals surface area contributed by atoms with E-state index in [1.807, 2.05) is 48.5 Å². The van der Waals surface area contributed by atoms with Crippen molar-refractivity contribution >= 4 is 27.7 Å². The topological polar surface area (TPSA) is 35.0 Å². The van der Waals surface area contributed by atoms with Crippen LogP contribution in [-0.2, 0) is 5.75 Å². The Balaban J connectivity index is 1.68. The first kappa shape index (κ1) is 16.0. The van der Waals surface area contributed by atoms with Crippen LogP contribution in [0.5, 0.6) is 5.75 Å². The van der Waals surface area contributed by atoms with E-state index < -0.39 is 0 Å². The molecule has 0 fully saturated rings. The summed E-state index contributed by atoms with van der Waals surface area (Å²) in [5, 5.41) is 9.54. The van der Waals surface area contributed by atoms with Crippen molar-refractivity contribution in [3.05, 3.63) is 70.7 Å². The minimum absolute atomic E-state index is 0.818. The molecule has 3 nitrogen and oxygen atoms in total.